The summed E-state index contributed by atoms with van der Waals surface area (Å²) < 4.78 is 0. The molecule has 1 aromatic heterocycles. The number of rotatable bonds is 8. The molecule has 0 saturated heterocycles. The van der Waals surface area contributed by atoms with Gasteiger partial charge in [0.25, 0.3) is 0 Å². The fourth-order valence-corrected chi connectivity index (χ4v) is 2.91. The molecule has 1 aromatic carbocycles. The average molecular weight is 428 g/mol. The van der Waals surface area contributed by atoms with E-state index in [1.54, 1.807) is 6.20 Å². The molecule has 0 radical (unpaired) electrons. The van der Waals surface area contributed by atoms with Crippen LogP contribution in [0.25, 0.3) is 0 Å². The SMILES string of the molecule is Cl.Cl.NC[C@H](NC(=O)CNCc1ccc(Cl)cc1)c1ncc(CO)s1. The van der Waals surface area contributed by atoms with Crippen molar-refractivity contribution in [2.75, 3.05) is 13.1 Å². The molecule has 2 rings (SSSR count). The number of carbonyl (C=O) groups excluding carboxylic acids is 1. The summed E-state index contributed by atoms with van der Waals surface area (Å²) in [5, 5.41) is 16.3. The number of aromatic nitrogens is 1. The molecule has 0 aliphatic carbocycles. The number of nitrogens with zero attached hydrogens (tertiary/aromatic N) is 1. The summed E-state index contributed by atoms with van der Waals surface area (Å²) in [5.41, 5.74) is 6.74. The van der Waals surface area contributed by atoms with E-state index in [4.69, 9.17) is 22.4 Å². The van der Waals surface area contributed by atoms with E-state index >= 15 is 0 Å². The van der Waals surface area contributed by atoms with E-state index in [1.807, 2.05) is 24.3 Å². The number of aliphatic hydroxyl groups is 1. The molecule has 140 valence electrons. The summed E-state index contributed by atoms with van der Waals surface area (Å²) in [6.45, 7) is 0.939. The van der Waals surface area contributed by atoms with E-state index in [9.17, 15) is 4.79 Å². The number of aliphatic hydroxyl groups excluding tert-OH is 1. The molecule has 0 aliphatic heterocycles. The van der Waals surface area contributed by atoms with Gasteiger partial charge in [-0.15, -0.1) is 36.2 Å². The highest BCUT2D eigenvalue weighted by atomic mass is 35.5. The van der Waals surface area contributed by atoms with Gasteiger partial charge in [0.05, 0.1) is 24.1 Å². The fourth-order valence-electron chi connectivity index (χ4n) is 1.95. The zero-order valence-electron chi connectivity index (χ0n) is 13.3. The first kappa shape index (κ1) is 24.1. The number of hydrogen-bond donors (Lipinski definition) is 4. The Kier molecular flexibility index (Phi) is 12.0. The van der Waals surface area contributed by atoms with E-state index in [2.05, 4.69) is 15.6 Å². The van der Waals surface area contributed by atoms with Crippen LogP contribution in [0.4, 0.5) is 0 Å². The summed E-state index contributed by atoms with van der Waals surface area (Å²) >= 11 is 7.16. The molecule has 1 heterocycles. The van der Waals surface area contributed by atoms with Crippen molar-refractivity contribution >= 4 is 53.7 Å². The van der Waals surface area contributed by atoms with Crippen LogP contribution in [0.1, 0.15) is 21.5 Å². The Labute approximate surface area is 168 Å². The number of carbonyl (C=O) groups is 1. The minimum absolute atomic E-state index is 0. The van der Waals surface area contributed by atoms with E-state index < -0.39 is 0 Å². The second-order valence-corrected chi connectivity index (χ2v) is 6.49. The van der Waals surface area contributed by atoms with Crippen molar-refractivity contribution in [2.45, 2.75) is 19.2 Å². The van der Waals surface area contributed by atoms with Crippen molar-refractivity contribution in [1.29, 1.82) is 0 Å². The molecule has 6 nitrogen and oxygen atoms in total. The lowest BCUT2D eigenvalue weighted by Crippen LogP contribution is -2.38. The minimum atomic E-state index is -0.342. The number of benzene rings is 1. The fraction of sp³-hybridized carbons (Fsp3) is 0.333. The molecular weight excluding hydrogens is 407 g/mol. The van der Waals surface area contributed by atoms with Gasteiger partial charge in [-0.3, -0.25) is 4.79 Å². The minimum Gasteiger partial charge on any atom is -0.391 e. The monoisotopic (exact) mass is 426 g/mol. The van der Waals surface area contributed by atoms with Crippen LogP contribution in [0.3, 0.4) is 0 Å². The molecule has 0 aliphatic rings. The third kappa shape index (κ3) is 7.87. The first-order chi connectivity index (χ1) is 11.1. The zero-order chi connectivity index (χ0) is 16.7. The van der Waals surface area contributed by atoms with Gasteiger partial charge in [0, 0.05) is 24.3 Å². The molecular formula is C15H21Cl3N4O2S. The Bertz CT molecular complexity index is 640. The number of amides is 1. The third-order valence-electron chi connectivity index (χ3n) is 3.12. The molecule has 0 spiro atoms. The van der Waals surface area contributed by atoms with Crippen LogP contribution in [-0.4, -0.2) is 29.1 Å². The number of nitrogens with one attached hydrogen (secondary N) is 2. The Balaban J connectivity index is 0.00000288. The molecule has 10 heteroatoms. The topological polar surface area (TPSA) is 100 Å². The molecule has 1 atom stereocenters. The van der Waals surface area contributed by atoms with Crippen molar-refractivity contribution in [3.8, 4) is 0 Å². The zero-order valence-corrected chi connectivity index (χ0v) is 16.5. The lowest BCUT2D eigenvalue weighted by atomic mass is 10.2. The normalized spacial score (nSPS) is 11.2. The van der Waals surface area contributed by atoms with E-state index in [-0.39, 0.29) is 56.5 Å². The van der Waals surface area contributed by atoms with Crippen molar-refractivity contribution in [2.24, 2.45) is 5.73 Å². The van der Waals surface area contributed by atoms with E-state index in [0.717, 1.165) is 10.4 Å². The van der Waals surface area contributed by atoms with Crippen molar-refractivity contribution in [3.63, 3.8) is 0 Å². The predicted octanol–water partition coefficient (Wildman–Crippen LogP) is 2.04. The maximum absolute atomic E-state index is 12.0. The molecule has 0 bridgehead atoms. The molecule has 0 unspecified atom stereocenters. The summed E-state index contributed by atoms with van der Waals surface area (Å²) in [6.07, 6.45) is 1.59. The standard InChI is InChI=1S/C15H19ClN4O2S.2ClH/c16-11-3-1-10(2-4-11)6-18-8-14(22)20-13(5-17)15-19-7-12(9-21)23-15;;/h1-4,7,13,18,21H,5-6,8-9,17H2,(H,20,22);2*1H/t13-;;/m0../s1. The first-order valence-electron chi connectivity index (χ1n) is 7.12. The smallest absolute Gasteiger partial charge is 0.234 e. The molecule has 0 saturated carbocycles. The lowest BCUT2D eigenvalue weighted by Gasteiger charge is -2.14. The number of hydrogen-bond acceptors (Lipinski definition) is 6. The highest BCUT2D eigenvalue weighted by molar-refractivity contribution is 7.11. The Morgan fingerprint density at radius 3 is 2.56 bits per heavy atom. The van der Waals surface area contributed by atoms with Gasteiger partial charge in [-0.25, -0.2) is 4.98 Å². The largest absolute Gasteiger partial charge is 0.391 e. The van der Waals surface area contributed by atoms with Gasteiger partial charge in [-0.05, 0) is 17.7 Å². The Hall–Kier alpha value is -0.930. The molecule has 1 amide bonds. The van der Waals surface area contributed by atoms with Gasteiger partial charge in [0.15, 0.2) is 0 Å². The van der Waals surface area contributed by atoms with Gasteiger partial charge in [-0.2, -0.15) is 0 Å². The maximum Gasteiger partial charge on any atom is 0.234 e. The van der Waals surface area contributed by atoms with Crippen molar-refractivity contribution < 1.29 is 9.90 Å². The first-order valence-corrected chi connectivity index (χ1v) is 8.32. The van der Waals surface area contributed by atoms with Crippen LogP contribution < -0.4 is 16.4 Å². The summed E-state index contributed by atoms with van der Waals surface area (Å²) in [7, 11) is 0. The third-order valence-corrected chi connectivity index (χ3v) is 4.47. The quantitative estimate of drug-likeness (QED) is 0.516. The molecule has 2 aromatic rings. The van der Waals surface area contributed by atoms with Crippen molar-refractivity contribution in [3.05, 3.63) is 50.9 Å². The lowest BCUT2D eigenvalue weighted by molar-refractivity contribution is -0.121. The second kappa shape index (κ2) is 12.4. The highest BCUT2D eigenvalue weighted by Gasteiger charge is 2.16. The van der Waals surface area contributed by atoms with Crippen LogP contribution in [-0.2, 0) is 17.9 Å². The number of thiazole rings is 1. The summed E-state index contributed by atoms with van der Waals surface area (Å²) in [6, 6.07) is 7.09. The number of nitrogens with two attached hydrogens (primary N) is 1. The maximum atomic E-state index is 12.0. The van der Waals surface area contributed by atoms with Crippen LogP contribution in [0, 0.1) is 0 Å². The van der Waals surface area contributed by atoms with Gasteiger partial charge < -0.3 is 21.5 Å². The number of halogens is 3. The Morgan fingerprint density at radius 1 is 1.32 bits per heavy atom. The highest BCUT2D eigenvalue weighted by Crippen LogP contribution is 2.19. The van der Waals surface area contributed by atoms with Crippen LogP contribution in [0.15, 0.2) is 30.5 Å². The van der Waals surface area contributed by atoms with Crippen molar-refractivity contribution in [1.82, 2.24) is 15.6 Å². The van der Waals surface area contributed by atoms with Crippen LogP contribution in [0.5, 0.6) is 0 Å². The summed E-state index contributed by atoms with van der Waals surface area (Å²) in [5.74, 6) is -0.157. The van der Waals surface area contributed by atoms with Crippen LogP contribution >= 0.6 is 47.8 Å². The van der Waals surface area contributed by atoms with E-state index in [0.29, 0.717) is 16.6 Å². The van der Waals surface area contributed by atoms with Gasteiger partial charge in [0.2, 0.25) is 5.91 Å². The van der Waals surface area contributed by atoms with Gasteiger partial charge in [-0.1, -0.05) is 23.7 Å². The average Bonchev–Trinajstić information content (AvgIpc) is 3.03. The Morgan fingerprint density at radius 2 is 2.00 bits per heavy atom. The van der Waals surface area contributed by atoms with Crippen LogP contribution in [0.2, 0.25) is 5.02 Å². The molecule has 0 fully saturated rings. The predicted molar refractivity (Wildman–Crippen MR) is 106 cm³/mol. The second-order valence-electron chi connectivity index (χ2n) is 4.91. The van der Waals surface area contributed by atoms with Gasteiger partial charge >= 0.3 is 0 Å². The van der Waals surface area contributed by atoms with Gasteiger partial charge in [0.1, 0.15) is 5.01 Å². The molecule has 5 N–H and O–H groups in total. The van der Waals surface area contributed by atoms with E-state index in [1.165, 1.54) is 11.3 Å². The molecule has 25 heavy (non-hydrogen) atoms. The summed E-state index contributed by atoms with van der Waals surface area (Å²) in [4.78, 5) is 16.9.